The molecule has 1 aromatic heterocycles. The van der Waals surface area contributed by atoms with Gasteiger partial charge in [0.05, 0.1) is 5.69 Å². The minimum atomic E-state index is 0.0125. The molecular weight excluding hydrogens is 274 g/mol. The summed E-state index contributed by atoms with van der Waals surface area (Å²) in [4.78, 5) is 0. The number of nitrogens with one attached hydrogen (secondary N) is 2. The van der Waals surface area contributed by atoms with Crippen molar-refractivity contribution in [3.05, 3.63) is 71.4 Å². The largest absolute Gasteiger partial charge is 0.484 e. The Morgan fingerprint density at radius 3 is 2.77 bits per heavy atom. The molecule has 2 aromatic carbocycles. The molecule has 4 heteroatoms. The average Bonchev–Trinajstić information content (AvgIpc) is 3.15. The van der Waals surface area contributed by atoms with E-state index in [9.17, 15) is 0 Å². The van der Waals surface area contributed by atoms with Crippen LogP contribution in [0.2, 0.25) is 0 Å². The summed E-state index contributed by atoms with van der Waals surface area (Å²) in [6.45, 7) is 2.07. The standard InChI is InChI=1S/C18H17N3O/c1-12-6-8-14(9-7-12)19-18-11-15(20-21-18)17-10-13-4-2-3-5-16(13)22-17/h2-9,11,17H,10H2,1H3,(H2,19,20,21). The fourth-order valence-corrected chi connectivity index (χ4v) is 2.71. The summed E-state index contributed by atoms with van der Waals surface area (Å²) in [5.74, 6) is 1.77. The molecule has 1 aliphatic rings. The molecule has 0 spiro atoms. The molecule has 1 atom stereocenters. The first-order valence-electron chi connectivity index (χ1n) is 7.41. The second kappa shape index (κ2) is 5.22. The van der Waals surface area contributed by atoms with Crippen LogP contribution in [-0.2, 0) is 6.42 Å². The van der Waals surface area contributed by atoms with Gasteiger partial charge >= 0.3 is 0 Å². The van der Waals surface area contributed by atoms with Gasteiger partial charge in [-0.2, -0.15) is 5.10 Å². The lowest BCUT2D eigenvalue weighted by atomic mass is 10.1. The van der Waals surface area contributed by atoms with Crippen molar-refractivity contribution in [1.82, 2.24) is 10.2 Å². The number of nitrogens with zero attached hydrogens (tertiary/aromatic N) is 1. The molecule has 0 aliphatic carbocycles. The third kappa shape index (κ3) is 2.44. The maximum absolute atomic E-state index is 5.97. The highest BCUT2D eigenvalue weighted by Gasteiger charge is 2.25. The smallest absolute Gasteiger partial charge is 0.152 e. The zero-order valence-corrected chi connectivity index (χ0v) is 12.3. The molecule has 2 heterocycles. The van der Waals surface area contributed by atoms with Crippen LogP contribution in [0.25, 0.3) is 0 Å². The van der Waals surface area contributed by atoms with Gasteiger partial charge in [0.1, 0.15) is 11.9 Å². The van der Waals surface area contributed by atoms with Crippen molar-refractivity contribution in [1.29, 1.82) is 0 Å². The van der Waals surface area contributed by atoms with Crippen molar-refractivity contribution in [2.24, 2.45) is 0 Å². The molecule has 0 saturated carbocycles. The van der Waals surface area contributed by atoms with Gasteiger partial charge in [-0.3, -0.25) is 5.10 Å². The van der Waals surface area contributed by atoms with Crippen molar-refractivity contribution in [3.63, 3.8) is 0 Å². The Morgan fingerprint density at radius 1 is 1.14 bits per heavy atom. The number of fused-ring (bicyclic) bond motifs is 1. The van der Waals surface area contributed by atoms with Crippen LogP contribution < -0.4 is 10.1 Å². The van der Waals surface area contributed by atoms with E-state index in [1.54, 1.807) is 0 Å². The summed E-state index contributed by atoms with van der Waals surface area (Å²) in [6, 6.07) is 18.4. The molecule has 2 N–H and O–H groups in total. The minimum Gasteiger partial charge on any atom is -0.484 e. The summed E-state index contributed by atoms with van der Waals surface area (Å²) in [7, 11) is 0. The Kier molecular flexibility index (Phi) is 3.07. The van der Waals surface area contributed by atoms with Crippen LogP contribution in [0, 0.1) is 6.92 Å². The van der Waals surface area contributed by atoms with Gasteiger partial charge in [0, 0.05) is 18.2 Å². The summed E-state index contributed by atoms with van der Waals surface area (Å²) >= 11 is 0. The van der Waals surface area contributed by atoms with E-state index >= 15 is 0 Å². The average molecular weight is 291 g/mol. The van der Waals surface area contributed by atoms with E-state index in [1.165, 1.54) is 11.1 Å². The number of anilines is 2. The highest BCUT2D eigenvalue weighted by atomic mass is 16.5. The highest BCUT2D eigenvalue weighted by Crippen LogP contribution is 2.36. The highest BCUT2D eigenvalue weighted by molar-refractivity contribution is 5.56. The van der Waals surface area contributed by atoms with Gasteiger partial charge in [0.25, 0.3) is 0 Å². The summed E-state index contributed by atoms with van der Waals surface area (Å²) in [6.07, 6.45) is 0.890. The molecule has 0 saturated heterocycles. The lowest BCUT2D eigenvalue weighted by Crippen LogP contribution is -2.03. The molecule has 3 aromatic rings. The predicted octanol–water partition coefficient (Wildman–Crippen LogP) is 4.14. The van der Waals surface area contributed by atoms with E-state index < -0.39 is 0 Å². The number of hydrogen-bond acceptors (Lipinski definition) is 3. The molecular formula is C18H17N3O. The fraction of sp³-hybridized carbons (Fsp3) is 0.167. The Labute approximate surface area is 129 Å². The van der Waals surface area contributed by atoms with Crippen LogP contribution in [-0.4, -0.2) is 10.2 Å². The summed E-state index contributed by atoms with van der Waals surface area (Å²) < 4.78 is 5.97. The number of H-pyrrole nitrogens is 1. The number of para-hydroxylation sites is 1. The van der Waals surface area contributed by atoms with E-state index in [4.69, 9.17) is 4.74 Å². The molecule has 22 heavy (non-hydrogen) atoms. The van der Waals surface area contributed by atoms with Gasteiger partial charge in [-0.15, -0.1) is 0 Å². The van der Waals surface area contributed by atoms with Gasteiger partial charge in [-0.1, -0.05) is 35.9 Å². The van der Waals surface area contributed by atoms with Gasteiger partial charge < -0.3 is 10.1 Å². The van der Waals surface area contributed by atoms with Crippen molar-refractivity contribution in [2.45, 2.75) is 19.4 Å². The molecule has 4 rings (SSSR count). The first-order valence-corrected chi connectivity index (χ1v) is 7.41. The van der Waals surface area contributed by atoms with E-state index in [1.807, 2.05) is 36.4 Å². The first kappa shape index (κ1) is 13.0. The number of aryl methyl sites for hydroxylation is 1. The Hall–Kier alpha value is -2.75. The van der Waals surface area contributed by atoms with Crippen LogP contribution in [0.15, 0.2) is 54.6 Å². The number of aromatic amines is 1. The van der Waals surface area contributed by atoms with Crippen molar-refractivity contribution in [2.75, 3.05) is 5.32 Å². The Bertz CT molecular complexity index is 767. The predicted molar refractivity (Wildman–Crippen MR) is 86.6 cm³/mol. The van der Waals surface area contributed by atoms with Crippen LogP contribution in [0.3, 0.4) is 0 Å². The monoisotopic (exact) mass is 291 g/mol. The molecule has 1 unspecified atom stereocenters. The zero-order valence-electron chi connectivity index (χ0n) is 12.3. The summed E-state index contributed by atoms with van der Waals surface area (Å²) in [5, 5.41) is 10.7. The number of hydrogen-bond donors (Lipinski definition) is 2. The van der Waals surface area contributed by atoms with Gasteiger partial charge in [-0.05, 0) is 30.7 Å². The molecule has 0 bridgehead atoms. The molecule has 1 aliphatic heterocycles. The Morgan fingerprint density at radius 2 is 1.95 bits per heavy atom. The van der Waals surface area contributed by atoms with Crippen LogP contribution in [0.4, 0.5) is 11.5 Å². The van der Waals surface area contributed by atoms with Gasteiger partial charge in [0.15, 0.2) is 5.82 Å². The molecule has 110 valence electrons. The molecule has 4 nitrogen and oxygen atoms in total. The molecule has 0 radical (unpaired) electrons. The minimum absolute atomic E-state index is 0.0125. The number of rotatable bonds is 3. The van der Waals surface area contributed by atoms with Crippen molar-refractivity contribution in [3.8, 4) is 5.75 Å². The lowest BCUT2D eigenvalue weighted by molar-refractivity contribution is 0.233. The number of benzene rings is 2. The Balaban J connectivity index is 1.49. The number of ether oxygens (including phenoxy) is 1. The van der Waals surface area contributed by atoms with Gasteiger partial charge in [0.2, 0.25) is 0 Å². The lowest BCUT2D eigenvalue weighted by Gasteiger charge is -2.07. The van der Waals surface area contributed by atoms with E-state index in [0.717, 1.165) is 29.4 Å². The van der Waals surface area contributed by atoms with E-state index in [-0.39, 0.29) is 6.10 Å². The third-order valence-corrected chi connectivity index (χ3v) is 3.92. The second-order valence-electron chi connectivity index (χ2n) is 5.62. The topological polar surface area (TPSA) is 49.9 Å². The molecule has 0 amide bonds. The van der Waals surface area contributed by atoms with E-state index in [2.05, 4.69) is 40.6 Å². The quantitative estimate of drug-likeness (QED) is 0.762. The zero-order chi connectivity index (χ0) is 14.9. The number of aromatic nitrogens is 2. The SMILES string of the molecule is Cc1ccc(Nc2cc(C3Cc4ccccc4O3)[nH]n2)cc1. The van der Waals surface area contributed by atoms with Crippen LogP contribution in [0.1, 0.15) is 22.9 Å². The maximum Gasteiger partial charge on any atom is 0.152 e. The van der Waals surface area contributed by atoms with Crippen LogP contribution in [0.5, 0.6) is 5.75 Å². The van der Waals surface area contributed by atoms with Gasteiger partial charge in [-0.25, -0.2) is 0 Å². The van der Waals surface area contributed by atoms with E-state index in [0.29, 0.717) is 0 Å². The van der Waals surface area contributed by atoms with Crippen LogP contribution >= 0.6 is 0 Å². The van der Waals surface area contributed by atoms with Crippen molar-refractivity contribution >= 4 is 11.5 Å². The maximum atomic E-state index is 5.97. The third-order valence-electron chi connectivity index (χ3n) is 3.92. The fourth-order valence-electron chi connectivity index (χ4n) is 2.71. The summed E-state index contributed by atoms with van der Waals surface area (Å²) in [5.41, 5.74) is 4.51. The second-order valence-corrected chi connectivity index (χ2v) is 5.62. The first-order chi connectivity index (χ1) is 10.8. The normalized spacial score (nSPS) is 16.1. The molecule has 0 fully saturated rings. The van der Waals surface area contributed by atoms with Crippen molar-refractivity contribution < 1.29 is 4.74 Å².